The molecule has 0 atom stereocenters. The first-order chi connectivity index (χ1) is 13.6. The first kappa shape index (κ1) is 18.7. The number of non-ortho nitro benzene ring substituents is 1. The molecule has 0 unspecified atom stereocenters. The second-order valence-corrected chi connectivity index (χ2v) is 7.97. The van der Waals surface area contributed by atoms with E-state index in [1.54, 1.807) is 18.5 Å². The molecule has 1 aliphatic carbocycles. The summed E-state index contributed by atoms with van der Waals surface area (Å²) in [4.78, 5) is 29.5. The lowest BCUT2D eigenvalue weighted by molar-refractivity contribution is -0.383. The minimum atomic E-state index is -0.361. The van der Waals surface area contributed by atoms with Crippen molar-refractivity contribution in [2.45, 2.75) is 51.0 Å². The van der Waals surface area contributed by atoms with E-state index in [2.05, 4.69) is 15.2 Å². The van der Waals surface area contributed by atoms with E-state index in [9.17, 15) is 14.9 Å². The summed E-state index contributed by atoms with van der Waals surface area (Å²) in [7, 11) is 0. The number of piperidine rings is 1. The number of fused-ring (bicyclic) bond motifs is 1. The molecule has 0 radical (unpaired) electrons. The highest BCUT2D eigenvalue weighted by Gasteiger charge is 2.25. The number of rotatable bonds is 5. The number of nitrogens with one attached hydrogen (secondary N) is 1. The highest BCUT2D eigenvalue weighted by Crippen LogP contribution is 2.34. The lowest BCUT2D eigenvalue weighted by atomic mass is 10.00. The third-order valence-corrected chi connectivity index (χ3v) is 6.12. The zero-order chi connectivity index (χ0) is 19.5. The van der Waals surface area contributed by atoms with Crippen molar-refractivity contribution in [2.24, 2.45) is 5.92 Å². The lowest BCUT2D eigenvalue weighted by Gasteiger charge is -2.34. The van der Waals surface area contributed by atoms with Crippen LogP contribution in [-0.2, 0) is 4.79 Å². The molecule has 1 aromatic carbocycles. The molecule has 2 aromatic rings. The van der Waals surface area contributed by atoms with E-state index in [-0.39, 0.29) is 22.6 Å². The number of hydrogen-bond donors (Lipinski definition) is 1. The molecular formula is C21H26N4O3. The fraction of sp³-hybridized carbons (Fsp3) is 0.524. The molecule has 0 spiro atoms. The Morgan fingerprint density at radius 2 is 1.89 bits per heavy atom. The van der Waals surface area contributed by atoms with Gasteiger partial charge in [0.15, 0.2) is 0 Å². The number of aromatic nitrogens is 1. The molecule has 148 valence electrons. The largest absolute Gasteiger partial charge is 0.371 e. The number of amides is 1. The van der Waals surface area contributed by atoms with Crippen molar-refractivity contribution in [2.75, 3.05) is 18.0 Å². The Kier molecular flexibility index (Phi) is 5.41. The highest BCUT2D eigenvalue weighted by molar-refractivity contribution is 5.99. The average molecular weight is 382 g/mol. The molecule has 7 heteroatoms. The maximum Gasteiger partial charge on any atom is 0.278 e. The van der Waals surface area contributed by atoms with E-state index in [1.165, 1.54) is 25.7 Å². The van der Waals surface area contributed by atoms with Crippen LogP contribution in [0.2, 0.25) is 0 Å². The maximum absolute atomic E-state index is 12.3. The number of nitrogens with zero attached hydrogens (tertiary/aromatic N) is 3. The predicted octanol–water partition coefficient (Wildman–Crippen LogP) is 3.81. The van der Waals surface area contributed by atoms with Crippen LogP contribution in [0, 0.1) is 16.0 Å². The van der Waals surface area contributed by atoms with Gasteiger partial charge < -0.3 is 10.2 Å². The van der Waals surface area contributed by atoms with Gasteiger partial charge in [-0.15, -0.1) is 0 Å². The Morgan fingerprint density at radius 1 is 1.14 bits per heavy atom. The minimum Gasteiger partial charge on any atom is -0.371 e. The van der Waals surface area contributed by atoms with Crippen molar-refractivity contribution < 1.29 is 9.72 Å². The van der Waals surface area contributed by atoms with E-state index in [1.807, 2.05) is 12.1 Å². The molecule has 1 saturated heterocycles. The van der Waals surface area contributed by atoms with Crippen molar-refractivity contribution in [3.05, 3.63) is 40.7 Å². The van der Waals surface area contributed by atoms with Gasteiger partial charge in [0, 0.05) is 55.1 Å². The van der Waals surface area contributed by atoms with Gasteiger partial charge in [-0.2, -0.15) is 0 Å². The van der Waals surface area contributed by atoms with Gasteiger partial charge in [0.2, 0.25) is 5.91 Å². The molecule has 28 heavy (non-hydrogen) atoms. The van der Waals surface area contributed by atoms with Crippen molar-refractivity contribution in [1.29, 1.82) is 0 Å². The molecule has 1 saturated carbocycles. The summed E-state index contributed by atoms with van der Waals surface area (Å²) in [5.74, 6) is 0.761. The highest BCUT2D eigenvalue weighted by atomic mass is 16.6. The van der Waals surface area contributed by atoms with Crippen LogP contribution in [0.3, 0.4) is 0 Å². The molecular weight excluding hydrogens is 356 g/mol. The van der Waals surface area contributed by atoms with Gasteiger partial charge >= 0.3 is 0 Å². The quantitative estimate of drug-likeness (QED) is 0.627. The van der Waals surface area contributed by atoms with Gasteiger partial charge in [-0.3, -0.25) is 19.9 Å². The van der Waals surface area contributed by atoms with Crippen LogP contribution in [0.25, 0.3) is 10.8 Å². The van der Waals surface area contributed by atoms with Gasteiger partial charge in [-0.25, -0.2) is 0 Å². The zero-order valence-corrected chi connectivity index (χ0v) is 16.0. The Labute approximate surface area is 164 Å². The van der Waals surface area contributed by atoms with Crippen molar-refractivity contribution in [3.63, 3.8) is 0 Å². The summed E-state index contributed by atoms with van der Waals surface area (Å²) >= 11 is 0. The van der Waals surface area contributed by atoms with Crippen LogP contribution in [-0.4, -0.2) is 34.9 Å². The number of anilines is 1. The molecule has 2 fully saturated rings. The molecule has 1 N–H and O–H groups in total. The molecule has 1 aromatic heterocycles. The molecule has 2 heterocycles. The SMILES string of the molecule is O=C(CC1CCCC1)NC1CCN(c2ccc([N+](=O)[O-])c3cnccc23)CC1. The van der Waals surface area contributed by atoms with Crippen molar-refractivity contribution >= 4 is 28.1 Å². The Morgan fingerprint density at radius 3 is 2.61 bits per heavy atom. The average Bonchev–Trinajstić information content (AvgIpc) is 3.20. The second kappa shape index (κ2) is 8.12. The Balaban J connectivity index is 1.40. The summed E-state index contributed by atoms with van der Waals surface area (Å²) in [6.07, 6.45) is 10.6. The smallest absolute Gasteiger partial charge is 0.278 e. The van der Waals surface area contributed by atoms with Crippen LogP contribution in [0.15, 0.2) is 30.6 Å². The maximum atomic E-state index is 12.3. The molecule has 2 aliphatic rings. The normalized spacial score (nSPS) is 18.5. The van der Waals surface area contributed by atoms with Crippen molar-refractivity contribution in [1.82, 2.24) is 10.3 Å². The number of benzene rings is 1. The summed E-state index contributed by atoms with van der Waals surface area (Å²) in [5.41, 5.74) is 1.08. The second-order valence-electron chi connectivity index (χ2n) is 7.97. The lowest BCUT2D eigenvalue weighted by Crippen LogP contribution is -2.45. The van der Waals surface area contributed by atoms with E-state index < -0.39 is 0 Å². The third kappa shape index (κ3) is 3.93. The van der Waals surface area contributed by atoms with Crippen LogP contribution in [0.1, 0.15) is 44.9 Å². The summed E-state index contributed by atoms with van der Waals surface area (Å²) in [6, 6.07) is 5.46. The van der Waals surface area contributed by atoms with Crippen LogP contribution in [0.4, 0.5) is 11.4 Å². The van der Waals surface area contributed by atoms with Crippen LogP contribution >= 0.6 is 0 Å². The fourth-order valence-electron chi connectivity index (χ4n) is 4.62. The van der Waals surface area contributed by atoms with Crippen molar-refractivity contribution in [3.8, 4) is 0 Å². The van der Waals surface area contributed by atoms with E-state index >= 15 is 0 Å². The van der Waals surface area contributed by atoms with Gasteiger partial charge in [-0.1, -0.05) is 12.8 Å². The van der Waals surface area contributed by atoms with Crippen LogP contribution < -0.4 is 10.2 Å². The van der Waals surface area contributed by atoms with E-state index in [0.717, 1.165) is 37.0 Å². The molecule has 7 nitrogen and oxygen atoms in total. The van der Waals surface area contributed by atoms with Gasteiger partial charge in [0.05, 0.1) is 10.3 Å². The Bertz CT molecular complexity index is 871. The number of nitro benzene ring substituents is 1. The predicted molar refractivity (Wildman–Crippen MR) is 108 cm³/mol. The Hall–Kier alpha value is -2.70. The minimum absolute atomic E-state index is 0.0842. The number of hydrogen-bond acceptors (Lipinski definition) is 5. The fourth-order valence-corrected chi connectivity index (χ4v) is 4.62. The van der Waals surface area contributed by atoms with E-state index in [0.29, 0.717) is 17.7 Å². The number of nitro groups is 1. The zero-order valence-electron chi connectivity index (χ0n) is 16.0. The number of carbonyl (C=O) groups is 1. The molecule has 1 amide bonds. The molecule has 1 aliphatic heterocycles. The van der Waals surface area contributed by atoms with E-state index in [4.69, 9.17) is 0 Å². The topological polar surface area (TPSA) is 88.4 Å². The summed E-state index contributed by atoms with van der Waals surface area (Å²) in [5, 5.41) is 15.9. The van der Waals surface area contributed by atoms with Crippen LogP contribution in [0.5, 0.6) is 0 Å². The molecule has 0 bridgehead atoms. The van der Waals surface area contributed by atoms with Gasteiger partial charge in [-0.05, 0) is 43.7 Å². The third-order valence-electron chi connectivity index (χ3n) is 6.12. The summed E-state index contributed by atoms with van der Waals surface area (Å²) < 4.78 is 0. The number of carbonyl (C=O) groups excluding carboxylic acids is 1. The molecule has 4 rings (SSSR count). The standard InChI is InChI=1S/C21H26N4O3/c26-21(13-15-3-1-2-4-15)23-16-8-11-24(12-9-16)19-5-6-20(25(27)28)18-14-22-10-7-17(18)19/h5-7,10,14-16H,1-4,8-9,11-13H2,(H,23,26). The first-order valence-electron chi connectivity index (χ1n) is 10.2. The number of pyridine rings is 1. The summed E-state index contributed by atoms with van der Waals surface area (Å²) in [6.45, 7) is 1.65. The first-order valence-corrected chi connectivity index (χ1v) is 10.2. The van der Waals surface area contributed by atoms with Gasteiger partial charge in [0.25, 0.3) is 5.69 Å². The van der Waals surface area contributed by atoms with Gasteiger partial charge in [0.1, 0.15) is 0 Å². The monoisotopic (exact) mass is 382 g/mol.